The fourth-order valence-electron chi connectivity index (χ4n) is 1.79. The molecule has 0 aromatic heterocycles. The summed E-state index contributed by atoms with van der Waals surface area (Å²) in [6.07, 6.45) is 0.566. The van der Waals surface area contributed by atoms with Crippen LogP contribution in [0.2, 0.25) is 0 Å². The summed E-state index contributed by atoms with van der Waals surface area (Å²) < 4.78 is 0. The Hall–Kier alpha value is -1.88. The van der Waals surface area contributed by atoms with Crippen molar-refractivity contribution in [1.29, 1.82) is 0 Å². The fraction of sp³-hybridized carbons (Fsp3) is 0.467. The van der Waals surface area contributed by atoms with Gasteiger partial charge >= 0.3 is 5.97 Å². The lowest BCUT2D eigenvalue weighted by Crippen LogP contribution is -2.43. The number of hydrogen-bond donors (Lipinski definition) is 3. The molecule has 1 atom stereocenters. The summed E-state index contributed by atoms with van der Waals surface area (Å²) in [7, 11) is 0. The third-order valence-corrected chi connectivity index (χ3v) is 2.82. The molecule has 1 amide bonds. The second-order valence-electron chi connectivity index (χ2n) is 5.01. The predicted octanol–water partition coefficient (Wildman–Crippen LogP) is 1.19. The number of carboxylic acid groups (broad SMARTS) is 1. The Morgan fingerprint density at radius 2 is 1.85 bits per heavy atom. The summed E-state index contributed by atoms with van der Waals surface area (Å²) in [6.45, 7) is 4.53. The van der Waals surface area contributed by atoms with E-state index in [9.17, 15) is 9.59 Å². The zero-order chi connectivity index (χ0) is 15.0. The molecule has 0 saturated carbocycles. The molecule has 0 aliphatic rings. The van der Waals surface area contributed by atoms with E-state index in [-0.39, 0.29) is 12.3 Å². The second-order valence-corrected chi connectivity index (χ2v) is 5.01. The number of benzene rings is 1. The van der Waals surface area contributed by atoms with Crippen molar-refractivity contribution in [2.45, 2.75) is 38.8 Å². The number of rotatable bonds is 8. The molecule has 110 valence electrons. The quantitative estimate of drug-likeness (QED) is 0.667. The molecule has 5 nitrogen and oxygen atoms in total. The molecule has 1 rings (SSSR count). The van der Waals surface area contributed by atoms with Crippen molar-refractivity contribution in [3.8, 4) is 0 Å². The number of amides is 1. The molecule has 0 saturated heterocycles. The predicted molar refractivity (Wildman–Crippen MR) is 77.5 cm³/mol. The summed E-state index contributed by atoms with van der Waals surface area (Å²) >= 11 is 0. The van der Waals surface area contributed by atoms with Crippen LogP contribution >= 0.6 is 0 Å². The molecule has 20 heavy (non-hydrogen) atoms. The van der Waals surface area contributed by atoms with Crippen LogP contribution in [0.15, 0.2) is 30.3 Å². The van der Waals surface area contributed by atoms with E-state index < -0.39 is 12.0 Å². The molecule has 0 heterocycles. The highest BCUT2D eigenvalue weighted by Crippen LogP contribution is 2.03. The maximum Gasteiger partial charge on any atom is 0.326 e. The van der Waals surface area contributed by atoms with Gasteiger partial charge in [-0.2, -0.15) is 0 Å². The Balaban J connectivity index is 2.47. The van der Waals surface area contributed by atoms with E-state index in [2.05, 4.69) is 10.6 Å². The molecule has 0 spiro atoms. The van der Waals surface area contributed by atoms with Crippen LogP contribution in [0.1, 0.15) is 25.8 Å². The van der Waals surface area contributed by atoms with Crippen molar-refractivity contribution in [2.75, 3.05) is 6.54 Å². The number of carboxylic acids is 1. The molecule has 5 heteroatoms. The zero-order valence-corrected chi connectivity index (χ0v) is 11.9. The minimum atomic E-state index is -1.01. The number of carbonyl (C=O) groups excluding carboxylic acids is 1. The highest BCUT2D eigenvalue weighted by molar-refractivity contribution is 5.83. The van der Waals surface area contributed by atoms with Crippen molar-refractivity contribution in [3.63, 3.8) is 0 Å². The van der Waals surface area contributed by atoms with Crippen molar-refractivity contribution in [2.24, 2.45) is 0 Å². The van der Waals surface area contributed by atoms with E-state index in [1.54, 1.807) is 0 Å². The van der Waals surface area contributed by atoms with Gasteiger partial charge in [0.05, 0.1) is 0 Å². The van der Waals surface area contributed by atoms with Crippen LogP contribution in [0.5, 0.6) is 0 Å². The number of carbonyl (C=O) groups is 2. The van der Waals surface area contributed by atoms with Crippen molar-refractivity contribution in [1.82, 2.24) is 10.6 Å². The zero-order valence-electron chi connectivity index (χ0n) is 11.9. The highest BCUT2D eigenvalue weighted by Gasteiger charge is 2.19. The van der Waals surface area contributed by atoms with Gasteiger partial charge in [0.25, 0.3) is 0 Å². The number of hydrogen-bond acceptors (Lipinski definition) is 3. The SMILES string of the molecule is CC(C)NCCC(=O)NC(Cc1ccccc1)C(=O)O. The van der Waals surface area contributed by atoms with Crippen LogP contribution in [0.3, 0.4) is 0 Å². The summed E-state index contributed by atoms with van der Waals surface area (Å²) in [4.78, 5) is 22.9. The van der Waals surface area contributed by atoms with Crippen molar-refractivity contribution >= 4 is 11.9 Å². The van der Waals surface area contributed by atoms with Crippen LogP contribution in [-0.2, 0) is 16.0 Å². The van der Waals surface area contributed by atoms with E-state index in [0.717, 1.165) is 5.56 Å². The Morgan fingerprint density at radius 3 is 2.40 bits per heavy atom. The van der Waals surface area contributed by atoms with E-state index in [1.165, 1.54) is 0 Å². The molecule has 0 radical (unpaired) electrons. The standard InChI is InChI=1S/C15H22N2O3/c1-11(2)16-9-8-14(18)17-13(15(19)20)10-12-6-4-3-5-7-12/h3-7,11,13,16H,8-10H2,1-2H3,(H,17,18)(H,19,20). The van der Waals surface area contributed by atoms with Gasteiger partial charge < -0.3 is 15.7 Å². The van der Waals surface area contributed by atoms with Gasteiger partial charge in [0.2, 0.25) is 5.91 Å². The summed E-state index contributed by atoms with van der Waals surface area (Å²) in [5, 5.41) is 14.8. The third-order valence-electron chi connectivity index (χ3n) is 2.82. The average Bonchev–Trinajstić information content (AvgIpc) is 2.38. The topological polar surface area (TPSA) is 78.4 Å². The maximum absolute atomic E-state index is 11.7. The summed E-state index contributed by atoms with van der Waals surface area (Å²) in [5.74, 6) is -1.26. The van der Waals surface area contributed by atoms with Gasteiger partial charge in [0, 0.05) is 25.4 Å². The molecule has 0 fully saturated rings. The van der Waals surface area contributed by atoms with Gasteiger partial charge in [-0.1, -0.05) is 44.2 Å². The highest BCUT2D eigenvalue weighted by atomic mass is 16.4. The van der Waals surface area contributed by atoms with Crippen molar-refractivity contribution in [3.05, 3.63) is 35.9 Å². The van der Waals surface area contributed by atoms with Crippen LogP contribution in [0.25, 0.3) is 0 Å². The van der Waals surface area contributed by atoms with Crippen molar-refractivity contribution < 1.29 is 14.7 Å². The largest absolute Gasteiger partial charge is 0.480 e. The van der Waals surface area contributed by atoms with E-state index >= 15 is 0 Å². The lowest BCUT2D eigenvalue weighted by Gasteiger charge is -2.15. The molecule has 0 aliphatic heterocycles. The Bertz CT molecular complexity index is 432. The summed E-state index contributed by atoms with van der Waals surface area (Å²) in [5.41, 5.74) is 0.889. The van der Waals surface area contributed by atoms with Gasteiger partial charge in [0.15, 0.2) is 0 Å². The van der Waals surface area contributed by atoms with Crippen LogP contribution in [0.4, 0.5) is 0 Å². The van der Waals surface area contributed by atoms with Gasteiger partial charge in [-0.05, 0) is 5.56 Å². The fourth-order valence-corrected chi connectivity index (χ4v) is 1.79. The van der Waals surface area contributed by atoms with E-state index in [1.807, 2.05) is 44.2 Å². The van der Waals surface area contributed by atoms with Crippen LogP contribution in [-0.4, -0.2) is 35.6 Å². The van der Waals surface area contributed by atoms with Crippen LogP contribution < -0.4 is 10.6 Å². The Labute approximate surface area is 119 Å². The first-order chi connectivity index (χ1) is 9.49. The average molecular weight is 278 g/mol. The molecule has 0 bridgehead atoms. The lowest BCUT2D eigenvalue weighted by molar-refractivity contribution is -0.141. The molecular weight excluding hydrogens is 256 g/mol. The van der Waals surface area contributed by atoms with E-state index in [0.29, 0.717) is 19.0 Å². The van der Waals surface area contributed by atoms with Crippen LogP contribution in [0, 0.1) is 0 Å². The molecule has 1 aromatic carbocycles. The molecule has 3 N–H and O–H groups in total. The van der Waals surface area contributed by atoms with Gasteiger partial charge in [-0.3, -0.25) is 4.79 Å². The maximum atomic E-state index is 11.7. The Kier molecular flexibility index (Phi) is 6.73. The van der Waals surface area contributed by atoms with Gasteiger partial charge in [-0.25, -0.2) is 4.79 Å². The molecular formula is C15H22N2O3. The second kappa shape index (κ2) is 8.32. The first-order valence-electron chi connectivity index (χ1n) is 6.78. The minimum absolute atomic E-state index is 0.249. The molecule has 0 aliphatic carbocycles. The smallest absolute Gasteiger partial charge is 0.326 e. The van der Waals surface area contributed by atoms with Gasteiger partial charge in [-0.15, -0.1) is 0 Å². The normalized spacial score (nSPS) is 12.2. The number of nitrogens with one attached hydrogen (secondary N) is 2. The Morgan fingerprint density at radius 1 is 1.20 bits per heavy atom. The third kappa shape index (κ3) is 6.33. The minimum Gasteiger partial charge on any atom is -0.480 e. The number of aliphatic carboxylic acids is 1. The van der Waals surface area contributed by atoms with E-state index in [4.69, 9.17) is 5.11 Å². The first-order valence-corrected chi connectivity index (χ1v) is 6.78. The van der Waals surface area contributed by atoms with Gasteiger partial charge in [0.1, 0.15) is 6.04 Å². The molecule has 1 unspecified atom stereocenters. The monoisotopic (exact) mass is 278 g/mol. The first kappa shape index (κ1) is 16.2. The molecule has 1 aromatic rings. The summed E-state index contributed by atoms with van der Waals surface area (Å²) in [6, 6.07) is 8.69. The lowest BCUT2D eigenvalue weighted by atomic mass is 10.1.